The van der Waals surface area contributed by atoms with Crippen molar-refractivity contribution in [3.05, 3.63) is 12.2 Å². The highest BCUT2D eigenvalue weighted by Crippen LogP contribution is 2.48. The van der Waals surface area contributed by atoms with Crippen LogP contribution in [-0.2, 0) is 4.79 Å². The molecule has 2 aliphatic carbocycles. The molecule has 1 saturated carbocycles. The smallest absolute Gasteiger partial charge is 0.234 e. The molecule has 78 valence electrons. The highest BCUT2D eigenvalue weighted by atomic mass is 32.2. The Labute approximate surface area is 92.6 Å². The van der Waals surface area contributed by atoms with Crippen molar-refractivity contribution in [2.24, 2.45) is 22.7 Å². The van der Waals surface area contributed by atoms with Crippen LogP contribution in [0.2, 0.25) is 0 Å². The van der Waals surface area contributed by atoms with Crippen LogP contribution in [0.1, 0.15) is 6.42 Å². The molecule has 0 aromatic carbocycles. The van der Waals surface area contributed by atoms with Gasteiger partial charge in [0.1, 0.15) is 0 Å². The molecule has 0 aromatic heterocycles. The predicted octanol–water partition coefficient (Wildman–Crippen LogP) is 1.12. The maximum absolute atomic E-state index is 12.3. The largest absolute Gasteiger partial charge is 0.290 e. The minimum atomic E-state index is 0.169. The zero-order chi connectivity index (χ0) is 9.99. The quantitative estimate of drug-likeness (QED) is 0.573. The maximum Gasteiger partial charge on any atom is 0.234 e. The van der Waals surface area contributed by atoms with E-state index in [1.165, 1.54) is 0 Å². The normalized spacial score (nSPS) is 45.7. The van der Waals surface area contributed by atoms with Crippen molar-refractivity contribution in [2.75, 3.05) is 12.3 Å². The number of hydrogen-bond acceptors (Lipinski definition) is 3. The Morgan fingerprint density at radius 3 is 3.20 bits per heavy atom. The third-order valence-corrected chi connectivity index (χ3v) is 4.98. The van der Waals surface area contributed by atoms with Gasteiger partial charge in [0.2, 0.25) is 5.91 Å². The highest BCUT2D eigenvalue weighted by molar-refractivity contribution is 8.14. The van der Waals surface area contributed by atoms with Gasteiger partial charge in [-0.2, -0.15) is 0 Å². The van der Waals surface area contributed by atoms with Crippen LogP contribution in [0.5, 0.6) is 0 Å². The number of nitrogens with zero attached hydrogens (tertiary/aromatic N) is 2. The van der Waals surface area contributed by atoms with Crippen LogP contribution >= 0.6 is 11.8 Å². The van der Waals surface area contributed by atoms with Gasteiger partial charge in [0.15, 0.2) is 5.17 Å². The van der Waals surface area contributed by atoms with Gasteiger partial charge in [-0.3, -0.25) is 14.7 Å². The number of rotatable bonds is 0. The summed E-state index contributed by atoms with van der Waals surface area (Å²) < 4.78 is 0. The van der Waals surface area contributed by atoms with Crippen molar-refractivity contribution in [3.63, 3.8) is 0 Å². The van der Waals surface area contributed by atoms with E-state index in [1.807, 2.05) is 4.90 Å². The van der Waals surface area contributed by atoms with Crippen LogP contribution in [0.15, 0.2) is 17.1 Å². The Balaban J connectivity index is 1.82. The third kappa shape index (κ3) is 0.936. The van der Waals surface area contributed by atoms with E-state index in [1.54, 1.807) is 11.8 Å². The molecule has 0 spiro atoms. The van der Waals surface area contributed by atoms with Gasteiger partial charge >= 0.3 is 0 Å². The molecule has 0 aromatic rings. The highest BCUT2D eigenvalue weighted by Gasteiger charge is 2.53. The third-order valence-electron chi connectivity index (χ3n) is 4.01. The fourth-order valence-corrected chi connectivity index (χ4v) is 4.31. The summed E-state index contributed by atoms with van der Waals surface area (Å²) in [5.74, 6) is 2.55. The van der Waals surface area contributed by atoms with Gasteiger partial charge in [0.05, 0.1) is 12.0 Å². The van der Waals surface area contributed by atoms with E-state index in [9.17, 15) is 4.79 Å². The number of allylic oxidation sites excluding steroid dienone is 1. The summed E-state index contributed by atoms with van der Waals surface area (Å²) in [6.07, 6.45) is 5.64. The van der Waals surface area contributed by atoms with Crippen LogP contribution < -0.4 is 0 Å². The molecule has 1 saturated heterocycles. The van der Waals surface area contributed by atoms with E-state index in [-0.39, 0.29) is 12.0 Å². The molecule has 2 fully saturated rings. The van der Waals surface area contributed by atoms with Crippen LogP contribution in [0, 0.1) is 17.8 Å². The molecule has 4 atom stereocenters. The minimum Gasteiger partial charge on any atom is -0.290 e. The van der Waals surface area contributed by atoms with E-state index in [4.69, 9.17) is 4.99 Å². The molecule has 2 aliphatic heterocycles. The molecule has 4 rings (SSSR count). The average molecular weight is 220 g/mol. The lowest BCUT2D eigenvalue weighted by Gasteiger charge is -2.33. The molecule has 4 aliphatic rings. The lowest BCUT2D eigenvalue weighted by Crippen LogP contribution is -2.47. The van der Waals surface area contributed by atoms with E-state index >= 15 is 0 Å². The summed E-state index contributed by atoms with van der Waals surface area (Å²) in [6, 6.07) is 0.268. The van der Waals surface area contributed by atoms with E-state index in [2.05, 4.69) is 12.2 Å². The number of amidine groups is 1. The molecule has 0 unspecified atom stereocenters. The zero-order valence-corrected chi connectivity index (χ0v) is 9.11. The van der Waals surface area contributed by atoms with Crippen molar-refractivity contribution in [1.82, 2.24) is 4.90 Å². The molecular weight excluding hydrogens is 208 g/mol. The van der Waals surface area contributed by atoms with E-state index in [0.717, 1.165) is 23.9 Å². The number of hydrogen-bond donors (Lipinski definition) is 0. The van der Waals surface area contributed by atoms with Gasteiger partial charge < -0.3 is 0 Å². The molecule has 4 heteroatoms. The van der Waals surface area contributed by atoms with Crippen LogP contribution in [0.25, 0.3) is 0 Å². The fraction of sp³-hybridized carbons (Fsp3) is 0.636. The van der Waals surface area contributed by atoms with Crippen molar-refractivity contribution in [3.8, 4) is 0 Å². The summed E-state index contributed by atoms with van der Waals surface area (Å²) in [7, 11) is 0. The topological polar surface area (TPSA) is 32.7 Å². The van der Waals surface area contributed by atoms with Gasteiger partial charge in [-0.25, -0.2) is 0 Å². The number of carbonyl (C=O) groups excluding carboxylic acids is 1. The van der Waals surface area contributed by atoms with Gasteiger partial charge in [0, 0.05) is 18.2 Å². The Hall–Kier alpha value is -0.770. The molecule has 0 N–H and O–H groups in total. The second-order valence-corrected chi connectivity index (χ2v) is 5.78. The van der Waals surface area contributed by atoms with Gasteiger partial charge in [0.25, 0.3) is 0 Å². The van der Waals surface area contributed by atoms with E-state index in [0.29, 0.717) is 17.7 Å². The number of carbonyl (C=O) groups is 1. The van der Waals surface area contributed by atoms with Crippen LogP contribution in [0.3, 0.4) is 0 Å². The maximum atomic E-state index is 12.3. The Morgan fingerprint density at radius 2 is 2.27 bits per heavy atom. The number of fused-ring (bicyclic) bond motifs is 6. The zero-order valence-electron chi connectivity index (χ0n) is 8.30. The molecule has 3 nitrogen and oxygen atoms in total. The molecule has 1 amide bonds. The molecule has 0 radical (unpaired) electrons. The molecular formula is C11H12N2OS. The second kappa shape index (κ2) is 2.67. The minimum absolute atomic E-state index is 0.169. The first-order valence-electron chi connectivity index (χ1n) is 5.55. The van der Waals surface area contributed by atoms with Crippen molar-refractivity contribution < 1.29 is 4.79 Å². The Kier molecular flexibility index (Phi) is 1.49. The first-order chi connectivity index (χ1) is 7.34. The fourth-order valence-electron chi connectivity index (χ4n) is 3.32. The van der Waals surface area contributed by atoms with Crippen molar-refractivity contribution in [2.45, 2.75) is 12.5 Å². The van der Waals surface area contributed by atoms with E-state index < -0.39 is 0 Å². The summed E-state index contributed by atoms with van der Waals surface area (Å²) in [4.78, 5) is 19.0. The van der Waals surface area contributed by atoms with Gasteiger partial charge in [-0.1, -0.05) is 23.9 Å². The summed E-state index contributed by atoms with van der Waals surface area (Å²) >= 11 is 1.74. The van der Waals surface area contributed by atoms with Crippen molar-refractivity contribution in [1.29, 1.82) is 0 Å². The van der Waals surface area contributed by atoms with Gasteiger partial charge in [-0.15, -0.1) is 0 Å². The number of amides is 1. The predicted molar refractivity (Wildman–Crippen MR) is 59.6 cm³/mol. The SMILES string of the molecule is O=C1[C@H]2[C@@H](N=C3SCCN13)[C@@H]1C=C[C@H]2C1. The Bertz CT molecular complexity index is 403. The van der Waals surface area contributed by atoms with Crippen molar-refractivity contribution >= 4 is 22.8 Å². The monoisotopic (exact) mass is 220 g/mol. The lowest BCUT2D eigenvalue weighted by molar-refractivity contribution is -0.133. The van der Waals surface area contributed by atoms with Crippen LogP contribution in [-0.4, -0.2) is 34.3 Å². The first-order valence-corrected chi connectivity index (χ1v) is 6.53. The molecule has 2 heterocycles. The Morgan fingerprint density at radius 1 is 1.40 bits per heavy atom. The second-order valence-electron chi connectivity index (χ2n) is 4.71. The average Bonchev–Trinajstić information content (AvgIpc) is 2.90. The first kappa shape index (κ1) is 8.39. The standard InChI is InChI=1S/C11H12N2OS/c14-10-8-6-1-2-7(5-6)9(8)12-11-13(10)3-4-15-11/h1-2,6-9H,3-5H2/t6-,7+,8+,9-/m0/s1. The van der Waals surface area contributed by atoms with Gasteiger partial charge in [-0.05, 0) is 12.3 Å². The number of aliphatic imine (C=N–C) groups is 1. The summed E-state index contributed by atoms with van der Waals surface area (Å²) in [5.41, 5.74) is 0. The molecule has 2 bridgehead atoms. The summed E-state index contributed by atoms with van der Waals surface area (Å²) in [5, 5.41) is 0.988. The lowest BCUT2D eigenvalue weighted by atomic mass is 9.87. The summed E-state index contributed by atoms with van der Waals surface area (Å²) in [6.45, 7) is 0.868. The number of thioether (sulfide) groups is 1. The van der Waals surface area contributed by atoms with Crippen LogP contribution in [0.4, 0.5) is 0 Å². The molecule has 15 heavy (non-hydrogen) atoms.